The average Bonchev–Trinajstić information content (AvgIpc) is 3.23. The molecule has 5 nitrogen and oxygen atoms in total. The molecule has 0 aromatic heterocycles. The summed E-state index contributed by atoms with van der Waals surface area (Å²) in [6.07, 6.45) is 2.31. The maximum absolute atomic E-state index is 10.0. The SMILES string of the molecule is C[C@@H]1CCCN1CCOc1ccc([C@@H]2Oc3ccc(O)cc3S[C@@H]2c2cccc(O)c2)cc1.Cl. The molecule has 2 N–H and O–H groups in total. The monoisotopic (exact) mass is 499 g/mol. The van der Waals surface area contributed by atoms with Crippen molar-refractivity contribution in [1.29, 1.82) is 0 Å². The first-order valence-electron chi connectivity index (χ1n) is 11.5. The number of thioether (sulfide) groups is 1. The summed E-state index contributed by atoms with van der Waals surface area (Å²) >= 11 is 1.64. The van der Waals surface area contributed by atoms with Gasteiger partial charge in [-0.3, -0.25) is 4.90 Å². The van der Waals surface area contributed by atoms with Crippen LogP contribution in [0.2, 0.25) is 0 Å². The maximum Gasteiger partial charge on any atom is 0.140 e. The van der Waals surface area contributed by atoms with Crippen LogP contribution < -0.4 is 9.47 Å². The standard InChI is InChI=1S/C27H29NO4S.ClH/c1-18-4-3-13-28(18)14-15-31-23-10-7-19(8-11-23)26-27(20-5-2-6-21(29)16-20)33-25-17-22(30)9-12-24(25)32-26;/h2,5-12,16-18,26-27,29-30H,3-4,13-15H2,1H3;1H/t18-,26+,27-;/m1./s1. The van der Waals surface area contributed by atoms with E-state index in [1.165, 1.54) is 12.8 Å². The molecule has 2 aliphatic rings. The maximum atomic E-state index is 10.0. The normalized spacial score (nSPS) is 21.9. The van der Waals surface area contributed by atoms with Gasteiger partial charge in [-0.25, -0.2) is 0 Å². The van der Waals surface area contributed by atoms with Gasteiger partial charge < -0.3 is 19.7 Å². The third-order valence-electron chi connectivity index (χ3n) is 6.46. The van der Waals surface area contributed by atoms with Crippen molar-refractivity contribution < 1.29 is 19.7 Å². The number of ether oxygens (including phenoxy) is 2. The Kier molecular flexibility index (Phi) is 7.81. The molecule has 3 aromatic rings. The van der Waals surface area contributed by atoms with Crippen molar-refractivity contribution in [3.05, 3.63) is 77.9 Å². The number of fused-ring (bicyclic) bond motifs is 1. The van der Waals surface area contributed by atoms with E-state index in [4.69, 9.17) is 9.47 Å². The Labute approximate surface area is 211 Å². The zero-order valence-electron chi connectivity index (χ0n) is 19.1. The largest absolute Gasteiger partial charge is 0.508 e. The number of nitrogens with zero attached hydrogens (tertiary/aromatic N) is 1. The second-order valence-electron chi connectivity index (χ2n) is 8.75. The Hall–Kier alpha value is -2.54. The van der Waals surface area contributed by atoms with Gasteiger partial charge in [-0.15, -0.1) is 24.2 Å². The number of aromatic hydroxyl groups is 2. The van der Waals surface area contributed by atoms with E-state index in [9.17, 15) is 10.2 Å². The molecule has 0 aliphatic carbocycles. The van der Waals surface area contributed by atoms with Crippen molar-refractivity contribution in [1.82, 2.24) is 4.90 Å². The van der Waals surface area contributed by atoms with Gasteiger partial charge in [0.15, 0.2) is 0 Å². The van der Waals surface area contributed by atoms with Gasteiger partial charge in [0.1, 0.15) is 35.7 Å². The molecule has 3 aromatic carbocycles. The highest BCUT2D eigenvalue weighted by Crippen LogP contribution is 2.54. The molecule has 0 unspecified atom stereocenters. The number of phenolic OH excluding ortho intramolecular Hbond substituents is 2. The summed E-state index contributed by atoms with van der Waals surface area (Å²) in [5.74, 6) is 2.04. The molecule has 7 heteroatoms. The van der Waals surface area contributed by atoms with Crippen molar-refractivity contribution in [3.8, 4) is 23.0 Å². The average molecular weight is 500 g/mol. The molecule has 34 heavy (non-hydrogen) atoms. The summed E-state index contributed by atoms with van der Waals surface area (Å²) < 4.78 is 12.4. The van der Waals surface area contributed by atoms with Gasteiger partial charge in [0.2, 0.25) is 0 Å². The molecule has 1 fully saturated rings. The van der Waals surface area contributed by atoms with Crippen LogP contribution in [0.5, 0.6) is 23.0 Å². The number of phenols is 2. The fourth-order valence-electron chi connectivity index (χ4n) is 4.63. The van der Waals surface area contributed by atoms with Crippen LogP contribution >= 0.6 is 24.2 Å². The molecule has 1 saturated heterocycles. The Bertz CT molecular complexity index is 1110. The number of hydrogen-bond donors (Lipinski definition) is 2. The molecule has 0 saturated carbocycles. The highest BCUT2D eigenvalue weighted by atomic mass is 35.5. The third kappa shape index (κ3) is 5.40. The third-order valence-corrected chi connectivity index (χ3v) is 7.80. The molecule has 0 radical (unpaired) electrons. The van der Waals surface area contributed by atoms with Crippen molar-refractivity contribution >= 4 is 24.2 Å². The van der Waals surface area contributed by atoms with Crippen LogP contribution in [0.25, 0.3) is 0 Å². The highest BCUT2D eigenvalue weighted by Gasteiger charge is 2.34. The fourth-order valence-corrected chi connectivity index (χ4v) is 5.94. The van der Waals surface area contributed by atoms with Crippen LogP contribution in [-0.4, -0.2) is 40.9 Å². The number of halogens is 1. The van der Waals surface area contributed by atoms with Crippen LogP contribution in [0.4, 0.5) is 0 Å². The number of rotatable bonds is 6. The topological polar surface area (TPSA) is 62.2 Å². The van der Waals surface area contributed by atoms with E-state index in [1.807, 2.05) is 24.3 Å². The lowest BCUT2D eigenvalue weighted by Gasteiger charge is -2.34. The van der Waals surface area contributed by atoms with Gasteiger partial charge in [0.25, 0.3) is 0 Å². The van der Waals surface area contributed by atoms with E-state index in [0.29, 0.717) is 12.6 Å². The summed E-state index contributed by atoms with van der Waals surface area (Å²) in [6, 6.07) is 21.2. The molecule has 3 atom stereocenters. The quantitative estimate of drug-likeness (QED) is 0.412. The van der Waals surface area contributed by atoms with E-state index in [1.54, 1.807) is 42.1 Å². The number of hydrogen-bond acceptors (Lipinski definition) is 6. The lowest BCUT2D eigenvalue weighted by molar-refractivity contribution is 0.190. The molecule has 0 bridgehead atoms. The van der Waals surface area contributed by atoms with Gasteiger partial charge in [-0.2, -0.15) is 0 Å². The number of likely N-dealkylation sites (tertiary alicyclic amines) is 1. The molecule has 2 aliphatic heterocycles. The summed E-state index contributed by atoms with van der Waals surface area (Å²) in [7, 11) is 0. The lowest BCUT2D eigenvalue weighted by Crippen LogP contribution is -2.31. The van der Waals surface area contributed by atoms with E-state index in [2.05, 4.69) is 24.0 Å². The molecule has 180 valence electrons. The van der Waals surface area contributed by atoms with Crippen LogP contribution in [-0.2, 0) is 0 Å². The lowest BCUT2D eigenvalue weighted by atomic mass is 10.00. The molecular formula is C27H30ClNO4S. The van der Waals surface area contributed by atoms with E-state index >= 15 is 0 Å². The van der Waals surface area contributed by atoms with Crippen molar-refractivity contribution in [2.45, 2.75) is 42.1 Å². The van der Waals surface area contributed by atoms with Crippen LogP contribution in [0, 0.1) is 0 Å². The Balaban J connectivity index is 0.00000274. The molecule has 0 amide bonds. The minimum absolute atomic E-state index is 0. The zero-order chi connectivity index (χ0) is 22.8. The van der Waals surface area contributed by atoms with E-state index in [-0.39, 0.29) is 35.3 Å². The first kappa shape index (κ1) is 24.6. The van der Waals surface area contributed by atoms with E-state index in [0.717, 1.165) is 40.6 Å². The predicted octanol–water partition coefficient (Wildman–Crippen LogP) is 6.35. The summed E-state index contributed by atoms with van der Waals surface area (Å²) in [5.41, 5.74) is 2.01. The van der Waals surface area contributed by atoms with Gasteiger partial charge in [-0.1, -0.05) is 24.3 Å². The first-order valence-corrected chi connectivity index (χ1v) is 12.4. The van der Waals surface area contributed by atoms with Gasteiger partial charge in [0, 0.05) is 12.6 Å². The Morgan fingerprint density at radius 1 is 1.00 bits per heavy atom. The first-order chi connectivity index (χ1) is 16.1. The smallest absolute Gasteiger partial charge is 0.140 e. The van der Waals surface area contributed by atoms with Crippen LogP contribution in [0.1, 0.15) is 42.2 Å². The second kappa shape index (κ2) is 10.8. The van der Waals surface area contributed by atoms with Crippen molar-refractivity contribution in [2.24, 2.45) is 0 Å². The minimum Gasteiger partial charge on any atom is -0.508 e. The Morgan fingerprint density at radius 3 is 2.53 bits per heavy atom. The molecular weight excluding hydrogens is 470 g/mol. The molecule has 2 heterocycles. The van der Waals surface area contributed by atoms with Gasteiger partial charge in [0.05, 0.1) is 10.1 Å². The molecule has 5 rings (SSSR count). The second-order valence-corrected chi connectivity index (χ2v) is 9.93. The van der Waals surface area contributed by atoms with Crippen LogP contribution in [0.3, 0.4) is 0 Å². The number of benzene rings is 3. The highest BCUT2D eigenvalue weighted by molar-refractivity contribution is 7.99. The van der Waals surface area contributed by atoms with E-state index < -0.39 is 0 Å². The zero-order valence-corrected chi connectivity index (χ0v) is 20.7. The summed E-state index contributed by atoms with van der Waals surface area (Å²) in [5, 5.41) is 19.9. The van der Waals surface area contributed by atoms with Gasteiger partial charge >= 0.3 is 0 Å². The predicted molar refractivity (Wildman–Crippen MR) is 138 cm³/mol. The van der Waals surface area contributed by atoms with Crippen molar-refractivity contribution in [2.75, 3.05) is 19.7 Å². The minimum atomic E-state index is -0.242. The summed E-state index contributed by atoms with van der Waals surface area (Å²) in [4.78, 5) is 3.37. The van der Waals surface area contributed by atoms with Gasteiger partial charge in [-0.05, 0) is 79.9 Å². The van der Waals surface area contributed by atoms with Crippen molar-refractivity contribution in [3.63, 3.8) is 0 Å². The van der Waals surface area contributed by atoms with Crippen LogP contribution in [0.15, 0.2) is 71.6 Å². The Morgan fingerprint density at radius 2 is 1.79 bits per heavy atom. The summed E-state index contributed by atoms with van der Waals surface area (Å²) in [6.45, 7) is 5.08. The molecule has 0 spiro atoms. The fraction of sp³-hybridized carbons (Fsp3) is 0.333.